The fourth-order valence-electron chi connectivity index (χ4n) is 3.93. The summed E-state index contributed by atoms with van der Waals surface area (Å²) in [4.78, 5) is 15.8. The summed E-state index contributed by atoms with van der Waals surface area (Å²) in [5.41, 5.74) is 2.62. The molecule has 0 unspecified atom stereocenters. The Morgan fingerprint density at radius 2 is 2.20 bits per heavy atom. The van der Waals surface area contributed by atoms with Crippen LogP contribution in [0.5, 0.6) is 0 Å². The highest BCUT2D eigenvalue weighted by Crippen LogP contribution is 2.39. The zero-order chi connectivity index (χ0) is 21.0. The molecule has 0 bridgehead atoms. The minimum absolute atomic E-state index is 0.0500. The van der Waals surface area contributed by atoms with Gasteiger partial charge in [0.2, 0.25) is 5.78 Å². The molecule has 8 heteroatoms. The van der Waals surface area contributed by atoms with Crippen LogP contribution in [0.2, 0.25) is 0 Å². The van der Waals surface area contributed by atoms with Crippen molar-refractivity contribution in [3.63, 3.8) is 0 Å². The van der Waals surface area contributed by atoms with Crippen LogP contribution in [-0.2, 0) is 17.8 Å². The third-order valence-electron chi connectivity index (χ3n) is 5.30. The molecule has 4 aromatic rings. The number of benzene rings is 1. The minimum atomic E-state index is -0.301. The van der Waals surface area contributed by atoms with Gasteiger partial charge in [0.15, 0.2) is 5.16 Å². The van der Waals surface area contributed by atoms with E-state index in [1.165, 1.54) is 0 Å². The average molecular weight is 439 g/mol. The SMILES string of the molecule is C=CCSc1nnc2n(-c3cccc(C)c3)c(=O)c3c4c(sc3n12)COC(C)(C)C4. The molecule has 0 spiro atoms. The first kappa shape index (κ1) is 19.5. The van der Waals surface area contributed by atoms with Crippen molar-refractivity contribution in [1.82, 2.24) is 19.2 Å². The van der Waals surface area contributed by atoms with E-state index >= 15 is 0 Å². The topological polar surface area (TPSA) is 61.4 Å². The molecule has 1 aromatic carbocycles. The van der Waals surface area contributed by atoms with Crippen molar-refractivity contribution in [3.05, 3.63) is 63.3 Å². The monoisotopic (exact) mass is 438 g/mol. The van der Waals surface area contributed by atoms with Gasteiger partial charge < -0.3 is 4.74 Å². The number of fused-ring (bicyclic) bond motifs is 5. The van der Waals surface area contributed by atoms with Gasteiger partial charge in [0.1, 0.15) is 4.83 Å². The average Bonchev–Trinajstić information content (AvgIpc) is 3.27. The van der Waals surface area contributed by atoms with E-state index in [-0.39, 0.29) is 11.2 Å². The third-order valence-corrected chi connectivity index (χ3v) is 7.41. The molecule has 0 saturated carbocycles. The number of rotatable bonds is 4. The smallest absolute Gasteiger partial charge is 0.268 e. The molecule has 154 valence electrons. The Kier molecular flexibility index (Phi) is 4.61. The van der Waals surface area contributed by atoms with Crippen LogP contribution in [0, 0.1) is 6.92 Å². The van der Waals surface area contributed by atoms with Crippen molar-refractivity contribution >= 4 is 39.1 Å². The largest absolute Gasteiger partial charge is 0.370 e. The first-order chi connectivity index (χ1) is 14.4. The Morgan fingerprint density at radius 1 is 1.37 bits per heavy atom. The second-order valence-electron chi connectivity index (χ2n) is 8.11. The van der Waals surface area contributed by atoms with Crippen LogP contribution in [0.25, 0.3) is 21.7 Å². The molecule has 0 radical (unpaired) electrons. The van der Waals surface area contributed by atoms with Gasteiger partial charge in [-0.2, -0.15) is 0 Å². The second-order valence-corrected chi connectivity index (χ2v) is 10.2. The molecule has 0 fully saturated rings. The first-order valence-electron chi connectivity index (χ1n) is 9.79. The molecule has 6 nitrogen and oxygen atoms in total. The van der Waals surface area contributed by atoms with Gasteiger partial charge in [-0.15, -0.1) is 28.1 Å². The maximum absolute atomic E-state index is 13.8. The molecule has 3 aromatic heterocycles. The van der Waals surface area contributed by atoms with Crippen molar-refractivity contribution in [3.8, 4) is 5.69 Å². The van der Waals surface area contributed by atoms with E-state index in [1.54, 1.807) is 27.7 Å². The summed E-state index contributed by atoms with van der Waals surface area (Å²) in [6.45, 7) is 10.5. The summed E-state index contributed by atoms with van der Waals surface area (Å²) in [6, 6.07) is 7.93. The van der Waals surface area contributed by atoms with Gasteiger partial charge in [0, 0.05) is 17.1 Å². The van der Waals surface area contributed by atoms with Gasteiger partial charge in [-0.25, -0.2) is 8.97 Å². The highest BCUT2D eigenvalue weighted by Gasteiger charge is 2.32. The van der Waals surface area contributed by atoms with E-state index < -0.39 is 0 Å². The third kappa shape index (κ3) is 3.02. The predicted octanol–water partition coefficient (Wildman–Crippen LogP) is 4.53. The van der Waals surface area contributed by atoms with Gasteiger partial charge in [0.05, 0.1) is 23.3 Å². The van der Waals surface area contributed by atoms with Gasteiger partial charge in [-0.1, -0.05) is 30.0 Å². The summed E-state index contributed by atoms with van der Waals surface area (Å²) in [5, 5.41) is 10.3. The second kappa shape index (κ2) is 7.08. The van der Waals surface area contributed by atoms with Crippen LogP contribution in [0.15, 0.2) is 46.9 Å². The molecule has 0 atom stereocenters. The lowest BCUT2D eigenvalue weighted by molar-refractivity contribution is -0.0379. The first-order valence-corrected chi connectivity index (χ1v) is 11.6. The zero-order valence-corrected chi connectivity index (χ0v) is 18.8. The molecular weight excluding hydrogens is 416 g/mol. The summed E-state index contributed by atoms with van der Waals surface area (Å²) >= 11 is 3.17. The Hall–Kier alpha value is -2.42. The van der Waals surface area contributed by atoms with Gasteiger partial charge in [0.25, 0.3) is 5.56 Å². The minimum Gasteiger partial charge on any atom is -0.370 e. The fraction of sp³-hybridized carbons (Fsp3) is 0.318. The molecule has 0 amide bonds. The molecule has 4 heterocycles. The van der Waals surface area contributed by atoms with Crippen LogP contribution in [0.3, 0.4) is 0 Å². The van der Waals surface area contributed by atoms with E-state index in [0.29, 0.717) is 24.6 Å². The number of thiophene rings is 1. The lowest BCUT2D eigenvalue weighted by atomic mass is 9.94. The highest BCUT2D eigenvalue weighted by molar-refractivity contribution is 7.99. The van der Waals surface area contributed by atoms with Crippen molar-refractivity contribution in [2.24, 2.45) is 0 Å². The molecule has 0 N–H and O–H groups in total. The van der Waals surface area contributed by atoms with E-state index in [4.69, 9.17) is 4.74 Å². The van der Waals surface area contributed by atoms with Crippen molar-refractivity contribution < 1.29 is 4.74 Å². The van der Waals surface area contributed by atoms with Crippen LogP contribution in [0.1, 0.15) is 29.9 Å². The summed E-state index contributed by atoms with van der Waals surface area (Å²) < 4.78 is 9.73. The molecule has 0 aliphatic carbocycles. The quantitative estimate of drug-likeness (QED) is 0.346. The molecule has 5 rings (SSSR count). The zero-order valence-electron chi connectivity index (χ0n) is 17.1. The van der Waals surface area contributed by atoms with Crippen molar-refractivity contribution in [1.29, 1.82) is 0 Å². The number of thioether (sulfide) groups is 1. The molecular formula is C22H22N4O2S2. The van der Waals surface area contributed by atoms with Crippen LogP contribution >= 0.6 is 23.1 Å². The molecule has 1 aliphatic heterocycles. The maximum atomic E-state index is 13.8. The molecule has 30 heavy (non-hydrogen) atoms. The van der Waals surface area contributed by atoms with Gasteiger partial charge in [-0.05, 0) is 44.0 Å². The normalized spacial score (nSPS) is 15.6. The van der Waals surface area contributed by atoms with E-state index in [0.717, 1.165) is 37.1 Å². The number of ether oxygens (including phenoxy) is 1. The summed E-state index contributed by atoms with van der Waals surface area (Å²) in [7, 11) is 0. The molecule has 1 aliphatic rings. The Morgan fingerprint density at radius 3 is 2.97 bits per heavy atom. The molecule has 0 saturated heterocycles. The van der Waals surface area contributed by atoms with Crippen LogP contribution < -0.4 is 5.56 Å². The van der Waals surface area contributed by atoms with Gasteiger partial charge in [-0.3, -0.25) is 4.79 Å². The summed E-state index contributed by atoms with van der Waals surface area (Å²) in [6.07, 6.45) is 2.55. The number of nitrogens with zero attached hydrogens (tertiary/aromatic N) is 4. The standard InChI is InChI=1S/C22H22N4O2S2/c1-5-9-29-21-24-23-20-25(14-8-6-7-13(2)10-14)18(27)17-15-11-22(3,4)28-12-16(15)30-19(17)26(20)21/h5-8,10H,1,9,11-12H2,2-4H3. The van der Waals surface area contributed by atoms with Crippen LogP contribution in [0.4, 0.5) is 0 Å². The highest BCUT2D eigenvalue weighted by atomic mass is 32.2. The van der Waals surface area contributed by atoms with Crippen molar-refractivity contribution in [2.75, 3.05) is 5.75 Å². The Balaban J connectivity index is 1.91. The lowest BCUT2D eigenvalue weighted by Crippen LogP contribution is -2.32. The number of aryl methyl sites for hydroxylation is 1. The Labute approximate surface area is 182 Å². The number of hydrogen-bond donors (Lipinski definition) is 0. The lowest BCUT2D eigenvalue weighted by Gasteiger charge is -2.29. The summed E-state index contributed by atoms with van der Waals surface area (Å²) in [5.74, 6) is 1.25. The maximum Gasteiger partial charge on any atom is 0.268 e. The van der Waals surface area contributed by atoms with E-state index in [1.807, 2.05) is 41.7 Å². The predicted molar refractivity (Wildman–Crippen MR) is 122 cm³/mol. The van der Waals surface area contributed by atoms with E-state index in [9.17, 15) is 4.79 Å². The van der Waals surface area contributed by atoms with Crippen molar-refractivity contribution in [2.45, 2.75) is 44.6 Å². The van der Waals surface area contributed by atoms with E-state index in [2.05, 4.69) is 30.6 Å². The van der Waals surface area contributed by atoms with Crippen LogP contribution in [-0.4, -0.2) is 30.5 Å². The van der Waals surface area contributed by atoms with Gasteiger partial charge >= 0.3 is 0 Å². The number of aromatic nitrogens is 4. The fourth-order valence-corrected chi connectivity index (χ4v) is 5.88. The number of hydrogen-bond acceptors (Lipinski definition) is 6. The Bertz CT molecular complexity index is 1360.